The van der Waals surface area contributed by atoms with E-state index in [1.54, 1.807) is 24.1 Å². The molecule has 1 aliphatic heterocycles. The summed E-state index contributed by atoms with van der Waals surface area (Å²) in [6.07, 6.45) is 3.31. The number of piperidine rings is 1. The molecule has 134 valence electrons. The molecule has 0 radical (unpaired) electrons. The number of benzene rings is 1. The van der Waals surface area contributed by atoms with Crippen LogP contribution in [0.2, 0.25) is 0 Å². The molecule has 0 spiro atoms. The Hall–Kier alpha value is -2.52. The van der Waals surface area contributed by atoms with Gasteiger partial charge in [-0.05, 0) is 32.0 Å². The number of nitro benzene ring substituents is 1. The Bertz CT molecular complexity index is 759. The van der Waals surface area contributed by atoms with Gasteiger partial charge in [0.25, 0.3) is 11.6 Å². The lowest BCUT2D eigenvalue weighted by Gasteiger charge is -2.31. The molecule has 1 fully saturated rings. The monoisotopic (exact) mass is 366 g/mol. The predicted molar refractivity (Wildman–Crippen MR) is 93.2 cm³/mol. The molecule has 0 unspecified atom stereocenters. The molecule has 1 N–H and O–H groups in total. The number of hydrogen-bond donors (Lipinski definition) is 1. The minimum Gasteiger partial charge on any atom is -0.337 e. The SMILES string of the molecule is CN(C(=O)c1cn(-c2cccc([N+](=O)[O-])c2)nn1)C1CCNCC1.Cl. The highest BCUT2D eigenvalue weighted by molar-refractivity contribution is 5.92. The van der Waals surface area contributed by atoms with Gasteiger partial charge in [-0.15, -0.1) is 17.5 Å². The topological polar surface area (TPSA) is 106 Å². The van der Waals surface area contributed by atoms with E-state index in [0.717, 1.165) is 25.9 Å². The van der Waals surface area contributed by atoms with Gasteiger partial charge in [-0.1, -0.05) is 11.3 Å². The number of halogens is 1. The van der Waals surface area contributed by atoms with E-state index in [9.17, 15) is 14.9 Å². The molecule has 3 rings (SSSR count). The van der Waals surface area contributed by atoms with Crippen LogP contribution >= 0.6 is 12.4 Å². The van der Waals surface area contributed by atoms with Crippen molar-refractivity contribution in [2.75, 3.05) is 20.1 Å². The third kappa shape index (κ3) is 4.12. The van der Waals surface area contributed by atoms with Crippen molar-refractivity contribution in [3.8, 4) is 5.69 Å². The lowest BCUT2D eigenvalue weighted by atomic mass is 10.1. The van der Waals surface area contributed by atoms with E-state index in [1.165, 1.54) is 23.0 Å². The molecular weight excluding hydrogens is 348 g/mol. The molecule has 0 aliphatic carbocycles. The van der Waals surface area contributed by atoms with Crippen LogP contribution in [0, 0.1) is 10.1 Å². The Balaban J connectivity index is 0.00000225. The summed E-state index contributed by atoms with van der Waals surface area (Å²) in [5.41, 5.74) is 0.672. The minimum absolute atomic E-state index is 0. The van der Waals surface area contributed by atoms with Gasteiger partial charge >= 0.3 is 0 Å². The van der Waals surface area contributed by atoms with Gasteiger partial charge in [0.05, 0.1) is 16.8 Å². The van der Waals surface area contributed by atoms with Crippen LogP contribution in [0.4, 0.5) is 5.69 Å². The zero-order valence-corrected chi connectivity index (χ0v) is 14.5. The van der Waals surface area contributed by atoms with Crippen molar-refractivity contribution in [2.24, 2.45) is 0 Å². The summed E-state index contributed by atoms with van der Waals surface area (Å²) >= 11 is 0. The van der Waals surface area contributed by atoms with Gasteiger partial charge in [-0.3, -0.25) is 14.9 Å². The molecule has 25 heavy (non-hydrogen) atoms. The van der Waals surface area contributed by atoms with E-state index in [4.69, 9.17) is 0 Å². The first-order valence-electron chi connectivity index (χ1n) is 7.71. The highest BCUT2D eigenvalue weighted by Crippen LogP contribution is 2.17. The molecular formula is C15H19ClN6O3. The Kier molecular flexibility index (Phi) is 6.05. The summed E-state index contributed by atoms with van der Waals surface area (Å²) in [6, 6.07) is 6.21. The molecule has 1 aliphatic rings. The molecule has 2 aromatic rings. The molecule has 2 heterocycles. The number of hydrogen-bond acceptors (Lipinski definition) is 6. The molecule has 1 saturated heterocycles. The quantitative estimate of drug-likeness (QED) is 0.648. The maximum absolute atomic E-state index is 12.5. The number of carbonyl (C=O) groups is 1. The minimum atomic E-state index is -0.475. The number of nitrogens with one attached hydrogen (secondary N) is 1. The highest BCUT2D eigenvalue weighted by Gasteiger charge is 2.25. The average Bonchev–Trinajstić information content (AvgIpc) is 3.11. The fourth-order valence-electron chi connectivity index (χ4n) is 2.78. The predicted octanol–water partition coefficient (Wildman–Crippen LogP) is 1.42. The third-order valence-corrected chi connectivity index (χ3v) is 4.19. The number of non-ortho nitro benzene ring substituents is 1. The Labute approximate surface area is 150 Å². The third-order valence-electron chi connectivity index (χ3n) is 4.19. The van der Waals surface area contributed by atoms with Gasteiger partial charge < -0.3 is 10.2 Å². The fraction of sp³-hybridized carbons (Fsp3) is 0.400. The normalized spacial score (nSPS) is 14.6. The van der Waals surface area contributed by atoms with Gasteiger partial charge in [0, 0.05) is 25.2 Å². The van der Waals surface area contributed by atoms with E-state index in [1.807, 2.05) is 0 Å². The number of amides is 1. The summed E-state index contributed by atoms with van der Waals surface area (Å²) in [5, 5.41) is 22.0. The second-order valence-corrected chi connectivity index (χ2v) is 5.72. The maximum atomic E-state index is 12.5. The van der Waals surface area contributed by atoms with Crippen molar-refractivity contribution < 1.29 is 9.72 Å². The van der Waals surface area contributed by atoms with Gasteiger partial charge in [0.15, 0.2) is 5.69 Å². The van der Waals surface area contributed by atoms with Crippen molar-refractivity contribution >= 4 is 24.0 Å². The summed E-state index contributed by atoms with van der Waals surface area (Å²) in [6.45, 7) is 1.78. The lowest BCUT2D eigenvalue weighted by Crippen LogP contribution is -2.44. The molecule has 1 amide bonds. The Morgan fingerprint density at radius 3 is 2.80 bits per heavy atom. The molecule has 9 nitrogen and oxygen atoms in total. The van der Waals surface area contributed by atoms with E-state index < -0.39 is 4.92 Å². The second kappa shape index (κ2) is 8.04. The lowest BCUT2D eigenvalue weighted by molar-refractivity contribution is -0.384. The van der Waals surface area contributed by atoms with Crippen LogP contribution in [0.25, 0.3) is 5.69 Å². The summed E-state index contributed by atoms with van der Waals surface area (Å²) in [5.74, 6) is -0.196. The molecule has 1 aromatic carbocycles. The van der Waals surface area contributed by atoms with Crippen LogP contribution in [-0.4, -0.2) is 56.9 Å². The largest absolute Gasteiger partial charge is 0.337 e. The van der Waals surface area contributed by atoms with Crippen molar-refractivity contribution in [3.63, 3.8) is 0 Å². The van der Waals surface area contributed by atoms with Gasteiger partial charge in [0.2, 0.25) is 0 Å². The van der Waals surface area contributed by atoms with Crippen LogP contribution in [-0.2, 0) is 0 Å². The van der Waals surface area contributed by atoms with Crippen molar-refractivity contribution in [2.45, 2.75) is 18.9 Å². The molecule has 1 aromatic heterocycles. The van der Waals surface area contributed by atoms with Crippen LogP contribution in [0.15, 0.2) is 30.5 Å². The van der Waals surface area contributed by atoms with Crippen LogP contribution in [0.3, 0.4) is 0 Å². The maximum Gasteiger partial charge on any atom is 0.276 e. The number of aromatic nitrogens is 3. The van der Waals surface area contributed by atoms with Crippen molar-refractivity contribution in [1.82, 2.24) is 25.2 Å². The summed E-state index contributed by atoms with van der Waals surface area (Å²) in [7, 11) is 1.77. The van der Waals surface area contributed by atoms with Crippen molar-refractivity contribution in [3.05, 3.63) is 46.3 Å². The van der Waals surface area contributed by atoms with E-state index >= 15 is 0 Å². The summed E-state index contributed by atoms with van der Waals surface area (Å²) < 4.78 is 1.37. The number of rotatable bonds is 4. The second-order valence-electron chi connectivity index (χ2n) is 5.72. The number of nitrogens with zero attached hydrogens (tertiary/aromatic N) is 5. The standard InChI is InChI=1S/C15H18N6O3.ClH/c1-19(11-5-7-16-8-6-11)15(22)14-10-20(18-17-14)12-3-2-4-13(9-12)21(23)24;/h2-4,9-11,16H,5-8H2,1H3;1H. The zero-order valence-electron chi connectivity index (χ0n) is 13.7. The van der Waals surface area contributed by atoms with Crippen LogP contribution < -0.4 is 5.32 Å². The smallest absolute Gasteiger partial charge is 0.276 e. The molecule has 0 bridgehead atoms. The zero-order chi connectivity index (χ0) is 17.1. The molecule has 10 heteroatoms. The summed E-state index contributed by atoms with van der Waals surface area (Å²) in [4.78, 5) is 24.6. The van der Waals surface area contributed by atoms with Gasteiger partial charge in [0.1, 0.15) is 0 Å². The van der Waals surface area contributed by atoms with E-state index in [2.05, 4.69) is 15.6 Å². The Morgan fingerprint density at radius 1 is 1.40 bits per heavy atom. The highest BCUT2D eigenvalue weighted by atomic mass is 35.5. The van der Waals surface area contributed by atoms with Crippen LogP contribution in [0.1, 0.15) is 23.3 Å². The average molecular weight is 367 g/mol. The van der Waals surface area contributed by atoms with Gasteiger partial charge in [-0.2, -0.15) is 0 Å². The number of carbonyl (C=O) groups excluding carboxylic acids is 1. The first-order valence-corrected chi connectivity index (χ1v) is 7.71. The van der Waals surface area contributed by atoms with E-state index in [-0.39, 0.29) is 35.7 Å². The Morgan fingerprint density at radius 2 is 2.12 bits per heavy atom. The molecule has 0 saturated carbocycles. The first kappa shape index (κ1) is 18.8. The van der Waals surface area contributed by atoms with Crippen LogP contribution in [0.5, 0.6) is 0 Å². The van der Waals surface area contributed by atoms with Crippen molar-refractivity contribution in [1.29, 1.82) is 0 Å². The molecule has 0 atom stereocenters. The van der Waals surface area contributed by atoms with Gasteiger partial charge in [-0.25, -0.2) is 4.68 Å². The first-order chi connectivity index (χ1) is 11.6. The number of nitro groups is 1. The fourth-order valence-corrected chi connectivity index (χ4v) is 2.78. The van der Waals surface area contributed by atoms with E-state index in [0.29, 0.717) is 5.69 Å².